The van der Waals surface area contributed by atoms with Crippen molar-refractivity contribution in [2.45, 2.75) is 6.54 Å². The maximum Gasteiger partial charge on any atom is 0.335 e. The monoisotopic (exact) mass is 453 g/mol. The summed E-state index contributed by atoms with van der Waals surface area (Å²) in [5.74, 6) is -1.25. The Kier molecular flexibility index (Phi) is 5.54. The van der Waals surface area contributed by atoms with Crippen LogP contribution in [0.25, 0.3) is 17.0 Å². The van der Waals surface area contributed by atoms with Crippen LogP contribution in [0.2, 0.25) is 0 Å². The molecule has 1 amide bonds. The van der Waals surface area contributed by atoms with Gasteiger partial charge in [0.05, 0.1) is 16.2 Å². The van der Waals surface area contributed by atoms with Crippen LogP contribution in [0.5, 0.6) is 0 Å². The van der Waals surface area contributed by atoms with Crippen LogP contribution in [-0.4, -0.2) is 26.7 Å². The van der Waals surface area contributed by atoms with Gasteiger partial charge in [0, 0.05) is 29.2 Å². The van der Waals surface area contributed by atoms with Crippen LogP contribution < -0.4 is 5.32 Å². The number of aromatic nitrogens is 1. The van der Waals surface area contributed by atoms with Crippen molar-refractivity contribution >= 4 is 51.5 Å². The standard InChI is InChI=1S/C26H19N3O3S/c30-24-23(33-26(28-24)27-20-10-6-9-18(13-20)25(31)32)14-19-16-29(15-17-7-2-1-3-8-17)22-12-5-4-11-21(19)22/h1-14,16H,15H2,(H,31,32)(H,27,28,30)/b23-14-. The number of hydrogen-bond acceptors (Lipinski definition) is 4. The number of amidine groups is 1. The Morgan fingerprint density at radius 1 is 1.03 bits per heavy atom. The molecule has 2 N–H and O–H groups in total. The number of carbonyl (C=O) groups is 2. The van der Waals surface area contributed by atoms with Gasteiger partial charge in [-0.15, -0.1) is 0 Å². The molecule has 1 fully saturated rings. The van der Waals surface area contributed by atoms with Crippen molar-refractivity contribution in [3.05, 3.63) is 107 Å². The molecule has 0 bridgehead atoms. The minimum atomic E-state index is -1.02. The molecule has 1 aromatic heterocycles. The number of nitrogens with zero attached hydrogens (tertiary/aromatic N) is 2. The third-order valence-corrected chi connectivity index (χ3v) is 6.19. The number of thioether (sulfide) groups is 1. The van der Waals surface area contributed by atoms with E-state index in [4.69, 9.17) is 5.11 Å². The summed E-state index contributed by atoms with van der Waals surface area (Å²) in [6.07, 6.45) is 3.93. The molecule has 0 atom stereocenters. The molecule has 1 aliphatic heterocycles. The van der Waals surface area contributed by atoms with Crippen LogP contribution in [-0.2, 0) is 11.3 Å². The highest BCUT2D eigenvalue weighted by Gasteiger charge is 2.24. The van der Waals surface area contributed by atoms with Gasteiger partial charge in [-0.2, -0.15) is 0 Å². The van der Waals surface area contributed by atoms with Gasteiger partial charge < -0.3 is 15.0 Å². The van der Waals surface area contributed by atoms with E-state index in [0.717, 1.165) is 23.0 Å². The topological polar surface area (TPSA) is 83.7 Å². The molecule has 1 aliphatic rings. The van der Waals surface area contributed by atoms with Crippen molar-refractivity contribution in [3.8, 4) is 0 Å². The van der Waals surface area contributed by atoms with Gasteiger partial charge >= 0.3 is 5.97 Å². The molecule has 0 unspecified atom stereocenters. The number of aromatic carboxylic acids is 1. The van der Waals surface area contributed by atoms with Crippen LogP contribution in [0.3, 0.4) is 0 Å². The quantitative estimate of drug-likeness (QED) is 0.403. The highest BCUT2D eigenvalue weighted by Crippen LogP contribution is 2.31. The van der Waals surface area contributed by atoms with E-state index in [1.807, 2.05) is 42.5 Å². The number of benzene rings is 3. The molecule has 7 heteroatoms. The van der Waals surface area contributed by atoms with Crippen LogP contribution in [0, 0.1) is 0 Å². The van der Waals surface area contributed by atoms with Crippen molar-refractivity contribution in [2.24, 2.45) is 4.99 Å². The number of hydrogen-bond donors (Lipinski definition) is 2. The first-order chi connectivity index (χ1) is 16.1. The lowest BCUT2D eigenvalue weighted by Crippen LogP contribution is -2.19. The first-order valence-electron chi connectivity index (χ1n) is 10.3. The van der Waals surface area contributed by atoms with E-state index in [1.54, 1.807) is 12.1 Å². The molecular weight excluding hydrogens is 434 g/mol. The Labute approximate surface area is 194 Å². The number of para-hydroxylation sites is 1. The lowest BCUT2D eigenvalue weighted by atomic mass is 10.1. The Morgan fingerprint density at radius 2 is 1.82 bits per heavy atom. The van der Waals surface area contributed by atoms with Crippen molar-refractivity contribution in [1.82, 2.24) is 9.88 Å². The van der Waals surface area contributed by atoms with E-state index in [1.165, 1.54) is 29.5 Å². The second-order valence-electron chi connectivity index (χ2n) is 7.55. The van der Waals surface area contributed by atoms with E-state index in [0.29, 0.717) is 15.8 Å². The van der Waals surface area contributed by atoms with Crippen LogP contribution >= 0.6 is 11.8 Å². The smallest absolute Gasteiger partial charge is 0.335 e. The van der Waals surface area contributed by atoms with Crippen LogP contribution in [0.1, 0.15) is 21.5 Å². The van der Waals surface area contributed by atoms with Crippen LogP contribution in [0.15, 0.2) is 95.0 Å². The third kappa shape index (κ3) is 4.44. The molecule has 1 saturated heterocycles. The van der Waals surface area contributed by atoms with E-state index in [-0.39, 0.29) is 11.5 Å². The molecule has 0 aliphatic carbocycles. The highest BCUT2D eigenvalue weighted by molar-refractivity contribution is 8.18. The summed E-state index contributed by atoms with van der Waals surface area (Å²) in [4.78, 5) is 28.7. The largest absolute Gasteiger partial charge is 0.478 e. The fourth-order valence-corrected chi connectivity index (χ4v) is 4.58. The zero-order valence-corrected chi connectivity index (χ0v) is 18.3. The minimum Gasteiger partial charge on any atom is -0.478 e. The first kappa shape index (κ1) is 20.8. The van der Waals surface area contributed by atoms with Gasteiger partial charge in [0.2, 0.25) is 0 Å². The highest BCUT2D eigenvalue weighted by atomic mass is 32.2. The minimum absolute atomic E-state index is 0.146. The third-order valence-electron chi connectivity index (χ3n) is 5.28. The molecule has 0 radical (unpaired) electrons. The molecule has 33 heavy (non-hydrogen) atoms. The summed E-state index contributed by atoms with van der Waals surface area (Å²) in [7, 11) is 0. The average molecular weight is 454 g/mol. The number of fused-ring (bicyclic) bond motifs is 1. The Morgan fingerprint density at radius 3 is 2.64 bits per heavy atom. The van der Waals surface area contributed by atoms with Gasteiger partial charge in [-0.25, -0.2) is 9.79 Å². The normalized spacial score (nSPS) is 15.9. The van der Waals surface area contributed by atoms with Gasteiger partial charge in [-0.05, 0) is 47.7 Å². The number of rotatable bonds is 5. The van der Waals surface area contributed by atoms with Gasteiger partial charge in [-0.3, -0.25) is 4.79 Å². The number of amides is 1. The van der Waals surface area contributed by atoms with E-state index in [9.17, 15) is 9.59 Å². The predicted molar refractivity (Wildman–Crippen MR) is 132 cm³/mol. The molecule has 162 valence electrons. The summed E-state index contributed by atoms with van der Waals surface area (Å²) in [6, 6.07) is 24.7. The molecule has 5 rings (SSSR count). The molecular formula is C26H19N3O3S. The van der Waals surface area contributed by atoms with Gasteiger partial charge in [-0.1, -0.05) is 54.6 Å². The zero-order valence-electron chi connectivity index (χ0n) is 17.4. The summed E-state index contributed by atoms with van der Waals surface area (Å²) >= 11 is 1.24. The second-order valence-corrected chi connectivity index (χ2v) is 8.58. The van der Waals surface area contributed by atoms with E-state index in [2.05, 4.69) is 39.3 Å². The Balaban J connectivity index is 1.46. The second kappa shape index (κ2) is 8.80. The number of carboxylic acids is 1. The lowest BCUT2D eigenvalue weighted by Gasteiger charge is -2.05. The number of nitrogens with one attached hydrogen (secondary N) is 1. The maximum absolute atomic E-state index is 12.6. The Bertz CT molecular complexity index is 1440. The molecule has 0 saturated carbocycles. The summed E-state index contributed by atoms with van der Waals surface area (Å²) in [6.45, 7) is 0.733. The zero-order chi connectivity index (χ0) is 22.8. The van der Waals surface area contributed by atoms with Crippen molar-refractivity contribution < 1.29 is 14.7 Å². The van der Waals surface area contributed by atoms with Gasteiger partial charge in [0.15, 0.2) is 5.17 Å². The van der Waals surface area contributed by atoms with Crippen LogP contribution in [0.4, 0.5) is 5.69 Å². The molecule has 6 nitrogen and oxygen atoms in total. The molecule has 0 spiro atoms. The molecule has 4 aromatic rings. The van der Waals surface area contributed by atoms with E-state index >= 15 is 0 Å². The number of carboxylic acid groups (broad SMARTS) is 1. The maximum atomic E-state index is 12.6. The molecule has 3 aromatic carbocycles. The number of carbonyl (C=O) groups excluding carboxylic acids is 1. The SMILES string of the molecule is O=C1NC(=Nc2cccc(C(=O)O)c2)S/C1=C\c1cn(Cc2ccccc2)c2ccccc12. The Hall–Kier alpha value is -4.10. The summed E-state index contributed by atoms with van der Waals surface area (Å²) in [5, 5.41) is 13.4. The number of aliphatic imine (C=N–C) groups is 1. The van der Waals surface area contributed by atoms with Crippen molar-refractivity contribution in [2.75, 3.05) is 0 Å². The van der Waals surface area contributed by atoms with Gasteiger partial charge in [0.1, 0.15) is 0 Å². The summed E-state index contributed by atoms with van der Waals surface area (Å²) in [5.41, 5.74) is 3.86. The first-order valence-corrected chi connectivity index (χ1v) is 11.1. The van der Waals surface area contributed by atoms with Gasteiger partial charge in [0.25, 0.3) is 5.91 Å². The fraction of sp³-hybridized carbons (Fsp3) is 0.0385. The predicted octanol–water partition coefficient (Wildman–Crippen LogP) is 5.28. The fourth-order valence-electron chi connectivity index (χ4n) is 3.75. The van der Waals surface area contributed by atoms with Crippen molar-refractivity contribution in [1.29, 1.82) is 0 Å². The summed E-state index contributed by atoms with van der Waals surface area (Å²) < 4.78 is 2.18. The average Bonchev–Trinajstić information content (AvgIpc) is 3.34. The lowest BCUT2D eigenvalue weighted by molar-refractivity contribution is -0.115. The molecule has 2 heterocycles. The van der Waals surface area contributed by atoms with E-state index < -0.39 is 5.97 Å². The van der Waals surface area contributed by atoms with Crippen molar-refractivity contribution in [3.63, 3.8) is 0 Å².